The predicted octanol–water partition coefficient (Wildman–Crippen LogP) is 3.36. The molecule has 0 unspecified atom stereocenters. The molecule has 4 rings (SSSR count). The summed E-state index contributed by atoms with van der Waals surface area (Å²) in [4.78, 5) is 2.36. The summed E-state index contributed by atoms with van der Waals surface area (Å²) in [6, 6.07) is 4.84. The number of anilines is 1. The van der Waals surface area contributed by atoms with Crippen molar-refractivity contribution in [2.24, 2.45) is 5.92 Å². The maximum atomic E-state index is 9.31. The Bertz CT molecular complexity index is 704. The lowest BCUT2D eigenvalue weighted by atomic mass is 9.87. The Balaban J connectivity index is 1.59. The fourth-order valence-corrected chi connectivity index (χ4v) is 4.49. The molecule has 5 nitrogen and oxygen atoms in total. The maximum absolute atomic E-state index is 9.31. The van der Waals surface area contributed by atoms with E-state index < -0.39 is 0 Å². The van der Waals surface area contributed by atoms with Crippen LogP contribution in [0.4, 0.5) is 5.69 Å². The number of aromatic nitrogens is 2. The highest BCUT2D eigenvalue weighted by molar-refractivity contribution is 9.10. The van der Waals surface area contributed by atoms with E-state index in [1.807, 2.05) is 0 Å². The van der Waals surface area contributed by atoms with E-state index in [9.17, 15) is 5.11 Å². The molecule has 130 valence electrons. The topological polar surface area (TPSA) is 50.5 Å². The Morgan fingerprint density at radius 3 is 2.62 bits per heavy atom. The number of aliphatic hydroxyl groups excluding tert-OH is 1. The molecule has 1 aliphatic heterocycles. The van der Waals surface area contributed by atoms with Gasteiger partial charge in [0.1, 0.15) is 0 Å². The van der Waals surface area contributed by atoms with Crippen molar-refractivity contribution < 1.29 is 9.84 Å². The minimum atomic E-state index is 0.323. The van der Waals surface area contributed by atoms with Gasteiger partial charge in [-0.1, -0.05) is 0 Å². The lowest BCUT2D eigenvalue weighted by Gasteiger charge is -2.29. The minimum absolute atomic E-state index is 0.323. The molecule has 0 radical (unpaired) electrons. The van der Waals surface area contributed by atoms with E-state index in [0.717, 1.165) is 62.0 Å². The largest absolute Gasteiger partial charge is 0.396 e. The van der Waals surface area contributed by atoms with Crippen LogP contribution in [0.25, 0.3) is 10.9 Å². The van der Waals surface area contributed by atoms with Crippen molar-refractivity contribution in [3.8, 4) is 0 Å². The number of aliphatic hydroxyl groups is 1. The third-order valence-electron chi connectivity index (χ3n) is 5.39. The smallest absolute Gasteiger partial charge is 0.0944 e. The highest BCUT2D eigenvalue weighted by atomic mass is 79.9. The highest BCUT2D eigenvalue weighted by Gasteiger charge is 2.23. The van der Waals surface area contributed by atoms with Crippen molar-refractivity contribution in [1.82, 2.24) is 9.78 Å². The summed E-state index contributed by atoms with van der Waals surface area (Å²) in [6.45, 7) is 3.75. The molecule has 0 amide bonds. The molecule has 2 heterocycles. The van der Waals surface area contributed by atoms with Crippen LogP contribution in [-0.2, 0) is 4.74 Å². The third kappa shape index (κ3) is 3.19. The van der Waals surface area contributed by atoms with Crippen LogP contribution in [0.2, 0.25) is 0 Å². The first-order valence-electron chi connectivity index (χ1n) is 8.86. The van der Waals surface area contributed by atoms with Crippen LogP contribution >= 0.6 is 15.9 Å². The van der Waals surface area contributed by atoms with Crippen molar-refractivity contribution in [2.75, 3.05) is 37.8 Å². The van der Waals surface area contributed by atoms with Crippen molar-refractivity contribution in [2.45, 2.75) is 31.7 Å². The second-order valence-corrected chi connectivity index (χ2v) is 7.78. The van der Waals surface area contributed by atoms with Gasteiger partial charge in [-0.25, -0.2) is 0 Å². The molecule has 2 aromatic rings. The lowest BCUT2D eigenvalue weighted by molar-refractivity contribution is 0.122. The first kappa shape index (κ1) is 16.4. The molecule has 6 heteroatoms. The van der Waals surface area contributed by atoms with Gasteiger partial charge in [-0.05, 0) is 59.7 Å². The van der Waals surface area contributed by atoms with Crippen LogP contribution in [0.15, 0.2) is 22.8 Å². The summed E-state index contributed by atoms with van der Waals surface area (Å²) >= 11 is 3.73. The summed E-state index contributed by atoms with van der Waals surface area (Å²) in [6.07, 6.45) is 6.58. The Kier molecular flexibility index (Phi) is 4.79. The first-order chi connectivity index (χ1) is 11.7. The van der Waals surface area contributed by atoms with Crippen molar-refractivity contribution >= 4 is 32.5 Å². The van der Waals surface area contributed by atoms with Gasteiger partial charge in [0.05, 0.1) is 30.5 Å². The van der Waals surface area contributed by atoms with E-state index in [2.05, 4.69) is 43.8 Å². The van der Waals surface area contributed by atoms with Gasteiger partial charge in [-0.15, -0.1) is 0 Å². The number of ether oxygens (including phenoxy) is 1. The van der Waals surface area contributed by atoms with Gasteiger partial charge in [-0.3, -0.25) is 4.68 Å². The number of nitrogens with zero attached hydrogens (tertiary/aromatic N) is 3. The summed E-state index contributed by atoms with van der Waals surface area (Å²) in [5, 5.41) is 15.3. The van der Waals surface area contributed by atoms with E-state index in [0.29, 0.717) is 18.6 Å². The molecule has 2 fully saturated rings. The number of benzene rings is 1. The van der Waals surface area contributed by atoms with Gasteiger partial charge in [0.25, 0.3) is 0 Å². The minimum Gasteiger partial charge on any atom is -0.396 e. The van der Waals surface area contributed by atoms with Crippen LogP contribution in [0, 0.1) is 5.92 Å². The van der Waals surface area contributed by atoms with E-state index in [1.165, 1.54) is 11.1 Å². The Morgan fingerprint density at radius 1 is 1.17 bits per heavy atom. The van der Waals surface area contributed by atoms with Gasteiger partial charge in [0, 0.05) is 35.8 Å². The Morgan fingerprint density at radius 2 is 1.92 bits per heavy atom. The number of hydrogen-bond acceptors (Lipinski definition) is 4. The fourth-order valence-electron chi connectivity index (χ4n) is 3.88. The molecule has 1 aromatic carbocycles. The number of morpholine rings is 1. The molecule has 1 aliphatic carbocycles. The zero-order chi connectivity index (χ0) is 16.5. The molecule has 1 aromatic heterocycles. The van der Waals surface area contributed by atoms with Gasteiger partial charge < -0.3 is 14.7 Å². The molecule has 24 heavy (non-hydrogen) atoms. The molecule has 0 bridgehead atoms. The second kappa shape index (κ2) is 7.02. The maximum Gasteiger partial charge on any atom is 0.0944 e. The second-order valence-electron chi connectivity index (χ2n) is 6.93. The molecule has 1 saturated carbocycles. The van der Waals surface area contributed by atoms with Gasteiger partial charge in [0.2, 0.25) is 0 Å². The molecular formula is C18H24BrN3O2. The number of fused-ring (bicyclic) bond motifs is 1. The average Bonchev–Trinajstić information content (AvgIpc) is 3.04. The molecular weight excluding hydrogens is 370 g/mol. The Hall–Kier alpha value is -1.11. The van der Waals surface area contributed by atoms with Gasteiger partial charge >= 0.3 is 0 Å². The van der Waals surface area contributed by atoms with E-state index in [-0.39, 0.29) is 0 Å². The zero-order valence-electron chi connectivity index (χ0n) is 13.8. The summed E-state index contributed by atoms with van der Waals surface area (Å²) < 4.78 is 8.73. The lowest BCUT2D eigenvalue weighted by Crippen LogP contribution is -2.36. The van der Waals surface area contributed by atoms with Crippen molar-refractivity contribution in [3.63, 3.8) is 0 Å². The SMILES string of the molecule is OCC1CCC(n2cc3cc(Br)c(N4CCOCC4)cc3n2)CC1. The number of rotatable bonds is 3. The van der Waals surface area contributed by atoms with Crippen LogP contribution in [0.5, 0.6) is 0 Å². The van der Waals surface area contributed by atoms with Crippen LogP contribution in [0.1, 0.15) is 31.7 Å². The quantitative estimate of drug-likeness (QED) is 0.868. The third-order valence-corrected chi connectivity index (χ3v) is 6.03. The average molecular weight is 394 g/mol. The number of halogens is 1. The van der Waals surface area contributed by atoms with E-state index in [1.54, 1.807) is 0 Å². The molecule has 1 saturated heterocycles. The highest BCUT2D eigenvalue weighted by Crippen LogP contribution is 2.35. The fraction of sp³-hybridized carbons (Fsp3) is 0.611. The van der Waals surface area contributed by atoms with Crippen molar-refractivity contribution in [1.29, 1.82) is 0 Å². The molecule has 1 N–H and O–H groups in total. The molecule has 2 aliphatic rings. The normalized spacial score (nSPS) is 25.3. The van der Waals surface area contributed by atoms with Crippen molar-refractivity contribution in [3.05, 3.63) is 22.8 Å². The number of hydrogen-bond donors (Lipinski definition) is 1. The summed E-state index contributed by atoms with van der Waals surface area (Å²) in [5.74, 6) is 0.480. The standard InChI is InChI=1S/C18H24BrN3O2/c19-16-9-14-11-22(15-3-1-13(12-23)2-4-15)20-17(14)10-18(16)21-5-7-24-8-6-21/h9-11,13,15,23H,1-8,12H2. The van der Waals surface area contributed by atoms with Crippen LogP contribution < -0.4 is 4.90 Å². The van der Waals surface area contributed by atoms with E-state index in [4.69, 9.17) is 9.84 Å². The van der Waals surface area contributed by atoms with E-state index >= 15 is 0 Å². The predicted molar refractivity (Wildman–Crippen MR) is 98.5 cm³/mol. The molecule has 0 atom stereocenters. The zero-order valence-corrected chi connectivity index (χ0v) is 15.4. The first-order valence-corrected chi connectivity index (χ1v) is 9.66. The monoisotopic (exact) mass is 393 g/mol. The summed E-state index contributed by atoms with van der Waals surface area (Å²) in [5.41, 5.74) is 2.27. The van der Waals surface area contributed by atoms with Gasteiger partial charge in [0.15, 0.2) is 0 Å². The molecule has 0 spiro atoms. The van der Waals surface area contributed by atoms with Crippen LogP contribution in [-0.4, -0.2) is 47.8 Å². The van der Waals surface area contributed by atoms with Gasteiger partial charge in [-0.2, -0.15) is 5.10 Å². The summed E-state index contributed by atoms with van der Waals surface area (Å²) in [7, 11) is 0. The Labute approximate surface area is 150 Å². The van der Waals surface area contributed by atoms with Crippen LogP contribution in [0.3, 0.4) is 0 Å².